The number of hydrogen-bond donors (Lipinski definition) is 1. The summed E-state index contributed by atoms with van der Waals surface area (Å²) in [7, 11) is -3.51. The van der Waals surface area contributed by atoms with E-state index in [-0.39, 0.29) is 16.0 Å². The zero-order valence-electron chi connectivity index (χ0n) is 11.6. The van der Waals surface area contributed by atoms with Crippen molar-refractivity contribution in [2.24, 2.45) is 0 Å². The molecule has 0 atom stereocenters. The smallest absolute Gasteiger partial charge is 0.339 e. The predicted octanol–water partition coefficient (Wildman–Crippen LogP) is 3.20. The van der Waals surface area contributed by atoms with Gasteiger partial charge in [-0.05, 0) is 18.2 Å². The molecule has 1 heterocycles. The van der Waals surface area contributed by atoms with Gasteiger partial charge in [0.25, 0.3) is 0 Å². The van der Waals surface area contributed by atoms with Gasteiger partial charge in [0.1, 0.15) is 16.9 Å². The number of furan rings is 1. The molecular weight excluding hydrogens is 304 g/mol. The predicted molar refractivity (Wildman–Crippen MR) is 81.7 cm³/mol. The largest absolute Gasteiger partial charge is 0.478 e. The van der Waals surface area contributed by atoms with Crippen molar-refractivity contribution in [1.29, 1.82) is 0 Å². The van der Waals surface area contributed by atoms with E-state index in [0.717, 1.165) is 17.9 Å². The Balaban J connectivity index is 2.31. The molecule has 0 fully saturated rings. The number of carbonyl (C=O) groups is 1. The zero-order valence-corrected chi connectivity index (χ0v) is 12.4. The highest BCUT2D eigenvalue weighted by molar-refractivity contribution is 7.90. The van der Waals surface area contributed by atoms with Crippen LogP contribution >= 0.6 is 0 Å². The van der Waals surface area contributed by atoms with Crippen LogP contribution in [-0.4, -0.2) is 25.7 Å². The highest BCUT2D eigenvalue weighted by Gasteiger charge is 2.19. The van der Waals surface area contributed by atoms with Crippen molar-refractivity contribution < 1.29 is 22.7 Å². The van der Waals surface area contributed by atoms with Gasteiger partial charge in [-0.3, -0.25) is 0 Å². The summed E-state index contributed by atoms with van der Waals surface area (Å²) in [5.74, 6) is -0.742. The number of hydrogen-bond acceptors (Lipinski definition) is 4. The van der Waals surface area contributed by atoms with Gasteiger partial charge in [0.15, 0.2) is 9.84 Å². The Bertz CT molecular complexity index is 968. The number of carboxylic acids is 1. The number of carboxylic acid groups (broad SMARTS) is 1. The molecule has 1 aromatic heterocycles. The van der Waals surface area contributed by atoms with Crippen molar-refractivity contribution in [2.45, 2.75) is 4.90 Å². The van der Waals surface area contributed by atoms with E-state index in [1.807, 2.05) is 30.3 Å². The summed E-state index contributed by atoms with van der Waals surface area (Å²) in [4.78, 5) is 11.3. The second-order valence-corrected chi connectivity index (χ2v) is 6.96. The van der Waals surface area contributed by atoms with Gasteiger partial charge >= 0.3 is 5.97 Å². The van der Waals surface area contributed by atoms with Crippen LogP contribution in [0.25, 0.3) is 22.3 Å². The van der Waals surface area contributed by atoms with Gasteiger partial charge in [-0.1, -0.05) is 30.3 Å². The maximum atomic E-state index is 11.7. The van der Waals surface area contributed by atoms with Crippen LogP contribution in [0.4, 0.5) is 0 Å². The molecule has 0 aliphatic heterocycles. The standard InChI is InChI=1S/C16H12O5S/c1-22(19,20)12-7-11-8-14(10-5-3-2-4-6-10)21-15(11)13(9-12)16(17)18/h2-9H,1H3,(H,17,18). The highest BCUT2D eigenvalue weighted by Crippen LogP contribution is 2.32. The zero-order chi connectivity index (χ0) is 15.9. The lowest BCUT2D eigenvalue weighted by atomic mass is 10.1. The molecule has 2 aromatic carbocycles. The number of aromatic carboxylic acids is 1. The second kappa shape index (κ2) is 4.99. The van der Waals surface area contributed by atoms with Crippen LogP contribution < -0.4 is 0 Å². The Morgan fingerprint density at radius 1 is 1.09 bits per heavy atom. The minimum Gasteiger partial charge on any atom is -0.478 e. The number of fused-ring (bicyclic) bond motifs is 1. The first-order chi connectivity index (χ1) is 10.4. The number of benzene rings is 2. The van der Waals surface area contributed by atoms with Crippen molar-refractivity contribution in [1.82, 2.24) is 0 Å². The molecule has 0 saturated heterocycles. The molecule has 112 valence electrons. The van der Waals surface area contributed by atoms with E-state index in [1.165, 1.54) is 6.07 Å². The van der Waals surface area contributed by atoms with Crippen LogP contribution in [0.2, 0.25) is 0 Å². The third kappa shape index (κ3) is 2.48. The third-order valence-electron chi connectivity index (χ3n) is 3.31. The van der Waals surface area contributed by atoms with Gasteiger partial charge < -0.3 is 9.52 Å². The molecule has 0 aliphatic rings. The maximum Gasteiger partial charge on any atom is 0.339 e. The summed E-state index contributed by atoms with van der Waals surface area (Å²) in [6.45, 7) is 0. The van der Waals surface area contributed by atoms with Crippen molar-refractivity contribution in [3.05, 3.63) is 54.1 Å². The summed E-state index contributed by atoms with van der Waals surface area (Å²) in [5.41, 5.74) is 0.787. The second-order valence-electron chi connectivity index (χ2n) is 4.94. The van der Waals surface area contributed by atoms with Crippen LogP contribution in [0.15, 0.2) is 57.8 Å². The van der Waals surface area contributed by atoms with Crippen LogP contribution in [0, 0.1) is 0 Å². The summed E-state index contributed by atoms with van der Waals surface area (Å²) in [5, 5.41) is 9.74. The highest BCUT2D eigenvalue weighted by atomic mass is 32.2. The molecule has 3 aromatic rings. The average molecular weight is 316 g/mol. The van der Waals surface area contributed by atoms with Crippen molar-refractivity contribution in [3.8, 4) is 11.3 Å². The molecule has 22 heavy (non-hydrogen) atoms. The normalized spacial score (nSPS) is 11.7. The van der Waals surface area contributed by atoms with Gasteiger partial charge in [0.05, 0.1) is 4.90 Å². The summed E-state index contributed by atoms with van der Waals surface area (Å²) in [6.07, 6.45) is 1.04. The first-order valence-corrected chi connectivity index (χ1v) is 8.32. The number of sulfone groups is 1. The number of rotatable bonds is 3. The summed E-state index contributed by atoms with van der Waals surface area (Å²) >= 11 is 0. The van der Waals surface area contributed by atoms with Gasteiger partial charge in [0, 0.05) is 17.2 Å². The fourth-order valence-electron chi connectivity index (χ4n) is 2.24. The van der Waals surface area contributed by atoms with Gasteiger partial charge in [-0.25, -0.2) is 13.2 Å². The quantitative estimate of drug-likeness (QED) is 0.802. The fraction of sp³-hybridized carbons (Fsp3) is 0.0625. The summed E-state index contributed by atoms with van der Waals surface area (Å²) < 4.78 is 29.0. The minimum atomic E-state index is -3.51. The van der Waals surface area contributed by atoms with Crippen LogP contribution in [0.5, 0.6) is 0 Å². The molecule has 1 N–H and O–H groups in total. The van der Waals surface area contributed by atoms with E-state index in [4.69, 9.17) is 4.42 Å². The maximum absolute atomic E-state index is 11.7. The lowest BCUT2D eigenvalue weighted by Gasteiger charge is -2.01. The molecule has 0 radical (unpaired) electrons. The van der Waals surface area contributed by atoms with E-state index in [0.29, 0.717) is 11.1 Å². The topological polar surface area (TPSA) is 84.6 Å². The fourth-order valence-corrected chi connectivity index (χ4v) is 2.92. The Morgan fingerprint density at radius 2 is 1.77 bits per heavy atom. The van der Waals surface area contributed by atoms with Crippen LogP contribution in [-0.2, 0) is 9.84 Å². The first-order valence-electron chi connectivity index (χ1n) is 6.42. The van der Waals surface area contributed by atoms with E-state index in [9.17, 15) is 18.3 Å². The Labute approximate surface area is 126 Å². The van der Waals surface area contributed by atoms with Crippen molar-refractivity contribution in [3.63, 3.8) is 0 Å². The van der Waals surface area contributed by atoms with Crippen molar-refractivity contribution >= 4 is 26.8 Å². The molecule has 6 heteroatoms. The first kappa shape index (κ1) is 14.3. The molecular formula is C16H12O5S. The molecule has 0 saturated carbocycles. The van der Waals surface area contributed by atoms with Crippen molar-refractivity contribution in [2.75, 3.05) is 6.26 Å². The molecule has 0 aliphatic carbocycles. The Morgan fingerprint density at radius 3 is 2.36 bits per heavy atom. The van der Waals surface area contributed by atoms with Gasteiger partial charge in [-0.15, -0.1) is 0 Å². The Hall–Kier alpha value is -2.60. The van der Waals surface area contributed by atoms with E-state index in [2.05, 4.69) is 0 Å². The SMILES string of the molecule is CS(=O)(=O)c1cc(C(=O)O)c2oc(-c3ccccc3)cc2c1. The lowest BCUT2D eigenvalue weighted by Crippen LogP contribution is -2.02. The third-order valence-corrected chi connectivity index (χ3v) is 4.40. The molecule has 0 spiro atoms. The molecule has 3 rings (SSSR count). The lowest BCUT2D eigenvalue weighted by molar-refractivity contribution is 0.0697. The molecule has 5 nitrogen and oxygen atoms in total. The average Bonchev–Trinajstić information content (AvgIpc) is 2.89. The van der Waals surface area contributed by atoms with E-state index in [1.54, 1.807) is 6.07 Å². The molecule has 0 unspecified atom stereocenters. The van der Waals surface area contributed by atoms with Crippen LogP contribution in [0.1, 0.15) is 10.4 Å². The monoisotopic (exact) mass is 316 g/mol. The molecule has 0 bridgehead atoms. The molecule has 0 amide bonds. The van der Waals surface area contributed by atoms with Gasteiger partial charge in [0.2, 0.25) is 0 Å². The minimum absolute atomic E-state index is 0.0437. The summed E-state index contributed by atoms with van der Waals surface area (Å²) in [6, 6.07) is 13.4. The van der Waals surface area contributed by atoms with E-state index < -0.39 is 15.8 Å². The Kier molecular flexibility index (Phi) is 3.26. The van der Waals surface area contributed by atoms with E-state index >= 15 is 0 Å². The van der Waals surface area contributed by atoms with Gasteiger partial charge in [-0.2, -0.15) is 0 Å². The van der Waals surface area contributed by atoms with Crippen LogP contribution in [0.3, 0.4) is 0 Å².